The summed E-state index contributed by atoms with van der Waals surface area (Å²) < 4.78 is 0. The van der Waals surface area contributed by atoms with Crippen LogP contribution in [0.25, 0.3) is 0 Å². The van der Waals surface area contributed by atoms with Crippen LogP contribution in [-0.2, 0) is 0 Å². The minimum absolute atomic E-state index is 0.0192. The Balaban J connectivity index is 2.03. The molecule has 0 bridgehead atoms. The molecule has 1 aliphatic carbocycles. The lowest BCUT2D eigenvalue weighted by Gasteiger charge is -2.36. The van der Waals surface area contributed by atoms with Crippen LogP contribution in [0.5, 0.6) is 0 Å². The molecule has 1 fully saturated rings. The predicted octanol–water partition coefficient (Wildman–Crippen LogP) is 3.40. The molecule has 18 heavy (non-hydrogen) atoms. The molecule has 0 radical (unpaired) electrons. The van der Waals surface area contributed by atoms with Crippen molar-refractivity contribution >= 4 is 17.3 Å². The van der Waals surface area contributed by atoms with Crippen molar-refractivity contribution in [2.75, 3.05) is 18.5 Å². The zero-order valence-corrected chi connectivity index (χ0v) is 11.6. The van der Waals surface area contributed by atoms with Crippen molar-refractivity contribution in [3.8, 4) is 0 Å². The van der Waals surface area contributed by atoms with Gasteiger partial charge in [-0.05, 0) is 31.4 Å². The van der Waals surface area contributed by atoms with Crippen LogP contribution in [0.2, 0.25) is 5.15 Å². The van der Waals surface area contributed by atoms with Gasteiger partial charge in [0.15, 0.2) is 5.15 Å². The number of pyridine rings is 1. The van der Waals surface area contributed by atoms with E-state index in [2.05, 4.69) is 10.3 Å². The van der Waals surface area contributed by atoms with E-state index in [1.807, 2.05) is 13.0 Å². The highest BCUT2D eigenvalue weighted by Gasteiger charge is 2.31. The third-order valence-electron chi connectivity index (χ3n) is 3.88. The molecule has 2 rings (SSSR count). The van der Waals surface area contributed by atoms with E-state index in [9.17, 15) is 5.11 Å². The van der Waals surface area contributed by atoms with Crippen molar-refractivity contribution < 1.29 is 5.11 Å². The third kappa shape index (κ3) is 3.15. The molecule has 1 aromatic heterocycles. The standard InChI is InChI=1S/C14H21ClN2O/c1-11-7-12(13(15)16-8-11)17-9-14(10-18)5-3-2-4-6-14/h7-8,17-18H,2-6,9-10H2,1H3. The number of rotatable bonds is 4. The van der Waals surface area contributed by atoms with Gasteiger partial charge in [-0.25, -0.2) is 4.98 Å². The summed E-state index contributed by atoms with van der Waals surface area (Å²) in [5.41, 5.74) is 1.98. The van der Waals surface area contributed by atoms with E-state index < -0.39 is 0 Å². The normalized spacial score (nSPS) is 18.6. The SMILES string of the molecule is Cc1cnc(Cl)c(NCC2(CO)CCCCC2)c1. The lowest BCUT2D eigenvalue weighted by molar-refractivity contribution is 0.0944. The van der Waals surface area contributed by atoms with Crippen molar-refractivity contribution in [2.45, 2.75) is 39.0 Å². The fourth-order valence-corrected chi connectivity index (χ4v) is 2.82. The van der Waals surface area contributed by atoms with Crippen molar-refractivity contribution in [2.24, 2.45) is 5.41 Å². The molecule has 0 saturated heterocycles. The molecule has 0 amide bonds. The van der Waals surface area contributed by atoms with Gasteiger partial charge in [-0.2, -0.15) is 0 Å². The van der Waals surface area contributed by atoms with Crippen LogP contribution in [0.4, 0.5) is 5.69 Å². The topological polar surface area (TPSA) is 45.2 Å². The number of nitrogens with one attached hydrogen (secondary N) is 1. The number of halogens is 1. The molecule has 100 valence electrons. The second kappa shape index (κ2) is 5.89. The van der Waals surface area contributed by atoms with Crippen molar-refractivity contribution in [3.63, 3.8) is 0 Å². The second-order valence-electron chi connectivity index (χ2n) is 5.42. The number of aliphatic hydroxyl groups is 1. The molecule has 0 spiro atoms. The molecular formula is C14H21ClN2O. The molecule has 1 aromatic rings. The third-order valence-corrected chi connectivity index (χ3v) is 4.18. The largest absolute Gasteiger partial charge is 0.396 e. The number of aryl methyl sites for hydroxylation is 1. The van der Waals surface area contributed by atoms with Crippen molar-refractivity contribution in [3.05, 3.63) is 23.0 Å². The summed E-state index contributed by atoms with van der Waals surface area (Å²) in [6, 6.07) is 2.00. The first-order valence-electron chi connectivity index (χ1n) is 6.62. The van der Waals surface area contributed by atoms with Gasteiger partial charge in [0.05, 0.1) is 12.3 Å². The van der Waals surface area contributed by atoms with E-state index in [-0.39, 0.29) is 12.0 Å². The summed E-state index contributed by atoms with van der Waals surface area (Å²) in [5.74, 6) is 0. The molecule has 2 N–H and O–H groups in total. The average molecular weight is 269 g/mol. The van der Waals surface area contributed by atoms with E-state index in [1.165, 1.54) is 19.3 Å². The van der Waals surface area contributed by atoms with Crippen LogP contribution in [0, 0.1) is 12.3 Å². The maximum Gasteiger partial charge on any atom is 0.152 e. The Hall–Kier alpha value is -0.800. The molecular weight excluding hydrogens is 248 g/mol. The zero-order chi connectivity index (χ0) is 13.0. The molecule has 1 aliphatic rings. The first-order valence-corrected chi connectivity index (χ1v) is 7.00. The number of aliphatic hydroxyl groups excluding tert-OH is 1. The minimum Gasteiger partial charge on any atom is -0.396 e. The molecule has 1 saturated carbocycles. The number of hydrogen-bond donors (Lipinski definition) is 2. The van der Waals surface area contributed by atoms with Crippen LogP contribution in [-0.4, -0.2) is 23.2 Å². The quantitative estimate of drug-likeness (QED) is 0.823. The Morgan fingerprint density at radius 3 is 2.78 bits per heavy atom. The van der Waals surface area contributed by atoms with Crippen molar-refractivity contribution in [1.29, 1.82) is 0 Å². The summed E-state index contributed by atoms with van der Waals surface area (Å²) >= 11 is 6.07. The second-order valence-corrected chi connectivity index (χ2v) is 5.78. The maximum absolute atomic E-state index is 9.65. The summed E-state index contributed by atoms with van der Waals surface area (Å²) in [6.07, 6.45) is 7.65. The van der Waals surface area contributed by atoms with Gasteiger partial charge in [0.1, 0.15) is 0 Å². The van der Waals surface area contributed by atoms with Crippen LogP contribution < -0.4 is 5.32 Å². The Bertz CT molecular complexity index is 403. The number of aromatic nitrogens is 1. The van der Waals surface area contributed by atoms with E-state index in [0.29, 0.717) is 5.15 Å². The maximum atomic E-state index is 9.65. The summed E-state index contributed by atoms with van der Waals surface area (Å²) in [7, 11) is 0. The highest BCUT2D eigenvalue weighted by atomic mass is 35.5. The van der Waals surface area contributed by atoms with Crippen molar-refractivity contribution in [1.82, 2.24) is 4.98 Å². The fourth-order valence-electron chi connectivity index (χ4n) is 2.65. The number of nitrogens with zero attached hydrogens (tertiary/aromatic N) is 1. The lowest BCUT2D eigenvalue weighted by atomic mass is 9.74. The van der Waals surface area contributed by atoms with Crippen LogP contribution in [0.1, 0.15) is 37.7 Å². The molecule has 0 atom stereocenters. The summed E-state index contributed by atoms with van der Waals surface area (Å²) in [6.45, 7) is 3.02. The van der Waals surface area contributed by atoms with Gasteiger partial charge in [0.2, 0.25) is 0 Å². The van der Waals surface area contributed by atoms with Gasteiger partial charge in [-0.3, -0.25) is 0 Å². The van der Waals surface area contributed by atoms with Gasteiger partial charge in [-0.1, -0.05) is 30.9 Å². The molecule has 3 nitrogen and oxygen atoms in total. The Kier molecular flexibility index (Phi) is 4.46. The Labute approximate surface area is 114 Å². The molecule has 0 aliphatic heterocycles. The molecule has 0 aromatic carbocycles. The minimum atomic E-state index is 0.0192. The van der Waals surface area contributed by atoms with Crippen LogP contribution in [0.15, 0.2) is 12.3 Å². The van der Waals surface area contributed by atoms with Gasteiger partial charge in [0, 0.05) is 18.2 Å². The van der Waals surface area contributed by atoms with E-state index in [1.54, 1.807) is 6.20 Å². The number of anilines is 1. The van der Waals surface area contributed by atoms with Gasteiger partial charge < -0.3 is 10.4 Å². The van der Waals surface area contributed by atoms with Gasteiger partial charge in [0.25, 0.3) is 0 Å². The number of hydrogen-bond acceptors (Lipinski definition) is 3. The Morgan fingerprint density at radius 1 is 1.39 bits per heavy atom. The van der Waals surface area contributed by atoms with Crippen LogP contribution in [0.3, 0.4) is 0 Å². The highest BCUT2D eigenvalue weighted by Crippen LogP contribution is 2.36. The Morgan fingerprint density at radius 2 is 2.11 bits per heavy atom. The van der Waals surface area contributed by atoms with E-state index >= 15 is 0 Å². The predicted molar refractivity (Wildman–Crippen MR) is 75.1 cm³/mol. The molecule has 1 heterocycles. The summed E-state index contributed by atoms with van der Waals surface area (Å²) in [4.78, 5) is 4.13. The first-order chi connectivity index (χ1) is 8.65. The molecule has 4 heteroatoms. The smallest absolute Gasteiger partial charge is 0.152 e. The highest BCUT2D eigenvalue weighted by molar-refractivity contribution is 6.31. The van der Waals surface area contributed by atoms with E-state index in [4.69, 9.17) is 11.6 Å². The average Bonchev–Trinajstić information content (AvgIpc) is 2.41. The lowest BCUT2D eigenvalue weighted by Crippen LogP contribution is -2.35. The van der Waals surface area contributed by atoms with Crippen LogP contribution >= 0.6 is 11.6 Å². The van der Waals surface area contributed by atoms with Gasteiger partial charge in [-0.15, -0.1) is 0 Å². The summed E-state index contributed by atoms with van der Waals surface area (Å²) in [5, 5.41) is 13.5. The first kappa shape index (κ1) is 13.6. The monoisotopic (exact) mass is 268 g/mol. The van der Waals surface area contributed by atoms with Gasteiger partial charge >= 0.3 is 0 Å². The fraction of sp³-hybridized carbons (Fsp3) is 0.643. The van der Waals surface area contributed by atoms with E-state index in [0.717, 1.165) is 30.6 Å². The molecule has 0 unspecified atom stereocenters. The zero-order valence-electron chi connectivity index (χ0n) is 10.9.